The molecule has 1 N–H and O–H groups in total. The number of amides is 1. The lowest BCUT2D eigenvalue weighted by Crippen LogP contribution is -2.44. The van der Waals surface area contributed by atoms with Gasteiger partial charge in [-0.25, -0.2) is 12.7 Å². The van der Waals surface area contributed by atoms with E-state index in [9.17, 15) is 13.2 Å². The first kappa shape index (κ1) is 20.6. The average Bonchev–Trinajstić information content (AvgIpc) is 2.70. The molecule has 1 aliphatic rings. The maximum Gasteiger partial charge on any atom is 0.228 e. The van der Waals surface area contributed by atoms with E-state index in [2.05, 4.69) is 5.32 Å². The molecular weight excluding hydrogens is 372 g/mol. The number of benzene rings is 2. The number of anilines is 1. The summed E-state index contributed by atoms with van der Waals surface area (Å²) in [6, 6.07) is 15.3. The Kier molecular flexibility index (Phi) is 6.52. The van der Waals surface area contributed by atoms with Crippen LogP contribution in [0.5, 0.6) is 0 Å². The van der Waals surface area contributed by atoms with Crippen LogP contribution in [0, 0.1) is 12.8 Å². The first-order valence-corrected chi connectivity index (χ1v) is 11.4. The minimum Gasteiger partial charge on any atom is -0.326 e. The third kappa shape index (κ3) is 4.80. The van der Waals surface area contributed by atoms with Gasteiger partial charge in [0.1, 0.15) is 0 Å². The van der Waals surface area contributed by atoms with Crippen molar-refractivity contribution < 1.29 is 13.2 Å². The number of aryl methyl sites for hydroxylation is 2. The van der Waals surface area contributed by atoms with Gasteiger partial charge in [0.25, 0.3) is 0 Å². The minimum absolute atomic E-state index is 0.0212. The molecule has 0 spiro atoms. The molecule has 1 heterocycles. The van der Waals surface area contributed by atoms with Crippen molar-refractivity contribution in [1.29, 1.82) is 0 Å². The molecule has 150 valence electrons. The fraction of sp³-hybridized carbons (Fsp3) is 0.409. The van der Waals surface area contributed by atoms with E-state index in [1.807, 2.05) is 62.4 Å². The number of sulfonamides is 1. The third-order valence-corrected chi connectivity index (χ3v) is 7.20. The number of hydrogen-bond donors (Lipinski definition) is 1. The van der Waals surface area contributed by atoms with Gasteiger partial charge in [0.05, 0.1) is 11.7 Å². The van der Waals surface area contributed by atoms with E-state index in [0.717, 1.165) is 28.8 Å². The highest BCUT2D eigenvalue weighted by Gasteiger charge is 2.32. The molecule has 0 unspecified atom stereocenters. The standard InChI is InChI=1S/C22H28N2O3S/c1-3-18-10-6-7-13-21(18)23-22(25)19-12-8-14-24(15-19)28(26,27)16-20-11-5-4-9-17(20)2/h4-7,9-11,13,19H,3,8,12,14-16H2,1-2H3,(H,23,25)/t19-/m0/s1. The van der Waals surface area contributed by atoms with E-state index in [1.54, 1.807) is 0 Å². The van der Waals surface area contributed by atoms with Gasteiger partial charge in [0.2, 0.25) is 15.9 Å². The van der Waals surface area contributed by atoms with Crippen molar-refractivity contribution >= 4 is 21.6 Å². The number of para-hydroxylation sites is 1. The summed E-state index contributed by atoms with van der Waals surface area (Å²) in [4.78, 5) is 12.8. The largest absolute Gasteiger partial charge is 0.326 e. The fourth-order valence-electron chi connectivity index (χ4n) is 3.65. The number of hydrogen-bond acceptors (Lipinski definition) is 3. The van der Waals surface area contributed by atoms with Crippen LogP contribution in [0.1, 0.15) is 36.5 Å². The Hall–Kier alpha value is -2.18. The highest BCUT2D eigenvalue weighted by atomic mass is 32.2. The SMILES string of the molecule is CCc1ccccc1NC(=O)[C@H]1CCCN(S(=O)(=O)Cc2ccccc2C)C1. The molecule has 5 nitrogen and oxygen atoms in total. The summed E-state index contributed by atoms with van der Waals surface area (Å²) in [5, 5.41) is 3.00. The summed E-state index contributed by atoms with van der Waals surface area (Å²) in [6.45, 7) is 4.69. The van der Waals surface area contributed by atoms with E-state index in [0.29, 0.717) is 19.4 Å². The molecule has 28 heavy (non-hydrogen) atoms. The molecule has 3 rings (SSSR count). The highest BCUT2D eigenvalue weighted by molar-refractivity contribution is 7.88. The van der Waals surface area contributed by atoms with E-state index in [1.165, 1.54) is 4.31 Å². The van der Waals surface area contributed by atoms with Crippen LogP contribution in [0.3, 0.4) is 0 Å². The van der Waals surface area contributed by atoms with Crippen LogP contribution in [0.4, 0.5) is 5.69 Å². The lowest BCUT2D eigenvalue weighted by Gasteiger charge is -2.31. The normalized spacial score (nSPS) is 18.0. The Morgan fingerprint density at radius 2 is 1.79 bits per heavy atom. The highest BCUT2D eigenvalue weighted by Crippen LogP contribution is 2.24. The first-order valence-electron chi connectivity index (χ1n) is 9.82. The molecule has 0 bridgehead atoms. The van der Waals surface area contributed by atoms with Gasteiger partial charge in [-0.05, 0) is 48.9 Å². The molecule has 0 aliphatic carbocycles. The summed E-state index contributed by atoms with van der Waals surface area (Å²) in [5.41, 5.74) is 3.67. The number of carbonyl (C=O) groups excluding carboxylic acids is 1. The van der Waals surface area contributed by atoms with Gasteiger partial charge in [-0.15, -0.1) is 0 Å². The molecule has 2 aromatic carbocycles. The fourth-order valence-corrected chi connectivity index (χ4v) is 5.37. The van der Waals surface area contributed by atoms with Crippen molar-refractivity contribution in [2.75, 3.05) is 18.4 Å². The number of nitrogens with zero attached hydrogens (tertiary/aromatic N) is 1. The summed E-state index contributed by atoms with van der Waals surface area (Å²) in [6.07, 6.45) is 2.23. The summed E-state index contributed by atoms with van der Waals surface area (Å²) >= 11 is 0. The van der Waals surface area contributed by atoms with Gasteiger partial charge in [0, 0.05) is 18.8 Å². The van der Waals surface area contributed by atoms with Crippen molar-refractivity contribution in [3.63, 3.8) is 0 Å². The predicted octanol–water partition coefficient (Wildman–Crippen LogP) is 3.74. The van der Waals surface area contributed by atoms with Gasteiger partial charge >= 0.3 is 0 Å². The van der Waals surface area contributed by atoms with E-state index in [-0.39, 0.29) is 24.1 Å². The Morgan fingerprint density at radius 3 is 2.50 bits per heavy atom. The second-order valence-corrected chi connectivity index (χ2v) is 9.35. The number of nitrogens with one attached hydrogen (secondary N) is 1. The molecule has 1 amide bonds. The smallest absolute Gasteiger partial charge is 0.228 e. The van der Waals surface area contributed by atoms with Crippen LogP contribution >= 0.6 is 0 Å². The van der Waals surface area contributed by atoms with Crippen LogP contribution in [-0.4, -0.2) is 31.7 Å². The van der Waals surface area contributed by atoms with Crippen LogP contribution < -0.4 is 5.32 Å². The van der Waals surface area contributed by atoms with Crippen molar-refractivity contribution in [3.8, 4) is 0 Å². The second-order valence-electron chi connectivity index (χ2n) is 7.38. The van der Waals surface area contributed by atoms with Crippen molar-refractivity contribution in [2.24, 2.45) is 5.92 Å². The predicted molar refractivity (Wildman–Crippen MR) is 113 cm³/mol. The number of piperidine rings is 1. The number of carbonyl (C=O) groups is 1. The van der Waals surface area contributed by atoms with Crippen molar-refractivity contribution in [1.82, 2.24) is 4.31 Å². The van der Waals surface area contributed by atoms with Gasteiger partial charge < -0.3 is 5.32 Å². The molecule has 0 radical (unpaired) electrons. The van der Waals surface area contributed by atoms with Crippen molar-refractivity contribution in [2.45, 2.75) is 38.9 Å². The van der Waals surface area contributed by atoms with Crippen molar-refractivity contribution in [3.05, 3.63) is 65.2 Å². The van der Waals surface area contributed by atoms with Crippen LogP contribution in [0.25, 0.3) is 0 Å². The number of rotatable bonds is 6. The third-order valence-electron chi connectivity index (χ3n) is 5.40. The Labute approximate surface area is 167 Å². The molecule has 2 aromatic rings. The van der Waals surface area contributed by atoms with Gasteiger partial charge in [-0.3, -0.25) is 4.79 Å². The molecule has 1 atom stereocenters. The molecule has 0 saturated carbocycles. The van der Waals surface area contributed by atoms with E-state index >= 15 is 0 Å². The zero-order valence-corrected chi connectivity index (χ0v) is 17.3. The quantitative estimate of drug-likeness (QED) is 0.803. The topological polar surface area (TPSA) is 66.5 Å². The van der Waals surface area contributed by atoms with E-state index in [4.69, 9.17) is 0 Å². The van der Waals surface area contributed by atoms with E-state index < -0.39 is 10.0 Å². The minimum atomic E-state index is -3.46. The molecule has 1 saturated heterocycles. The lowest BCUT2D eigenvalue weighted by molar-refractivity contribution is -0.120. The van der Waals surface area contributed by atoms with Crippen LogP contribution in [0.15, 0.2) is 48.5 Å². The van der Waals surface area contributed by atoms with Crippen LogP contribution in [0.2, 0.25) is 0 Å². The zero-order chi connectivity index (χ0) is 20.1. The Balaban J connectivity index is 1.69. The monoisotopic (exact) mass is 400 g/mol. The zero-order valence-electron chi connectivity index (χ0n) is 16.5. The second kappa shape index (κ2) is 8.88. The lowest BCUT2D eigenvalue weighted by atomic mass is 9.98. The molecular formula is C22H28N2O3S. The maximum absolute atomic E-state index is 12.9. The molecule has 6 heteroatoms. The maximum atomic E-state index is 12.9. The van der Waals surface area contributed by atoms with Crippen LogP contribution in [-0.2, 0) is 27.0 Å². The Bertz CT molecular complexity index is 940. The average molecular weight is 401 g/mol. The summed E-state index contributed by atoms with van der Waals surface area (Å²) in [7, 11) is -3.46. The van der Waals surface area contributed by atoms with Gasteiger partial charge in [0.15, 0.2) is 0 Å². The summed E-state index contributed by atoms with van der Waals surface area (Å²) < 4.78 is 27.3. The molecule has 0 aromatic heterocycles. The molecule has 1 fully saturated rings. The first-order chi connectivity index (χ1) is 13.4. The van der Waals surface area contributed by atoms with Gasteiger partial charge in [-0.2, -0.15) is 0 Å². The Morgan fingerprint density at radius 1 is 1.11 bits per heavy atom. The molecule has 1 aliphatic heterocycles. The summed E-state index contributed by atoms with van der Waals surface area (Å²) in [5.74, 6) is -0.450. The van der Waals surface area contributed by atoms with Gasteiger partial charge in [-0.1, -0.05) is 49.4 Å².